The highest BCUT2D eigenvalue weighted by Gasteiger charge is 2.18. The van der Waals surface area contributed by atoms with Crippen LogP contribution in [0.15, 0.2) is 0 Å². The van der Waals surface area contributed by atoms with Crippen LogP contribution >= 0.6 is 0 Å². The van der Waals surface area contributed by atoms with Gasteiger partial charge >= 0.3 is 0 Å². The van der Waals surface area contributed by atoms with Crippen LogP contribution in [0, 0.1) is 0 Å². The van der Waals surface area contributed by atoms with Gasteiger partial charge in [0, 0.05) is 32.0 Å². The predicted molar refractivity (Wildman–Crippen MR) is 106 cm³/mol. The Hall–Kier alpha value is -1.67. The van der Waals surface area contributed by atoms with Crippen LogP contribution in [0.25, 0.3) is 0 Å². The quantitative estimate of drug-likeness (QED) is 0.310. The van der Waals surface area contributed by atoms with Crippen molar-refractivity contribution in [1.82, 2.24) is 21.3 Å². The van der Waals surface area contributed by atoms with Gasteiger partial charge < -0.3 is 26.0 Å². The number of rotatable bonds is 15. The minimum Gasteiger partial charge on any atom is -0.379 e. The molecule has 8 heteroatoms. The summed E-state index contributed by atoms with van der Waals surface area (Å²) >= 11 is 0. The maximum atomic E-state index is 12.3. The summed E-state index contributed by atoms with van der Waals surface area (Å²) in [7, 11) is 0. The fourth-order valence-corrected chi connectivity index (χ4v) is 2.41. The Morgan fingerprint density at radius 2 is 1.59 bits per heavy atom. The molecule has 0 unspecified atom stereocenters. The van der Waals surface area contributed by atoms with Crippen molar-refractivity contribution in [3.8, 4) is 0 Å². The van der Waals surface area contributed by atoms with Gasteiger partial charge in [0.1, 0.15) is 6.04 Å². The molecule has 27 heavy (non-hydrogen) atoms. The Bertz CT molecular complexity index is 441. The third-order valence-electron chi connectivity index (χ3n) is 3.63. The van der Waals surface area contributed by atoms with Crippen LogP contribution in [0.1, 0.15) is 60.3 Å². The van der Waals surface area contributed by atoms with Crippen LogP contribution in [0.3, 0.4) is 0 Å². The Balaban J connectivity index is 3.97. The summed E-state index contributed by atoms with van der Waals surface area (Å²) in [5, 5.41) is 11.6. The van der Waals surface area contributed by atoms with Gasteiger partial charge in [-0.05, 0) is 39.7 Å². The number of amides is 3. The molecule has 0 aliphatic heterocycles. The lowest BCUT2D eigenvalue weighted by molar-refractivity contribution is -0.128. The van der Waals surface area contributed by atoms with Crippen molar-refractivity contribution in [2.45, 2.75) is 78.4 Å². The summed E-state index contributed by atoms with van der Waals surface area (Å²) in [6.45, 7) is 11.3. The van der Waals surface area contributed by atoms with E-state index in [1.807, 2.05) is 13.8 Å². The van der Waals surface area contributed by atoms with Crippen molar-refractivity contribution < 1.29 is 19.1 Å². The van der Waals surface area contributed by atoms with E-state index in [0.29, 0.717) is 38.6 Å². The van der Waals surface area contributed by atoms with E-state index in [0.717, 1.165) is 19.4 Å². The lowest BCUT2D eigenvalue weighted by atomic mass is 10.1. The molecule has 0 radical (unpaired) electrons. The van der Waals surface area contributed by atoms with Gasteiger partial charge in [-0.25, -0.2) is 0 Å². The number of nitrogens with one attached hydrogen (secondary N) is 4. The molecule has 0 aliphatic carbocycles. The van der Waals surface area contributed by atoms with Crippen LogP contribution in [0.4, 0.5) is 0 Å². The maximum Gasteiger partial charge on any atom is 0.242 e. The fraction of sp³-hybridized carbons (Fsp3) is 0.842. The van der Waals surface area contributed by atoms with Gasteiger partial charge in [-0.15, -0.1) is 0 Å². The molecule has 1 atom stereocenters. The zero-order valence-corrected chi connectivity index (χ0v) is 17.5. The van der Waals surface area contributed by atoms with Crippen molar-refractivity contribution in [3.05, 3.63) is 0 Å². The fourth-order valence-electron chi connectivity index (χ4n) is 2.41. The highest BCUT2D eigenvalue weighted by Crippen LogP contribution is 2.01. The summed E-state index contributed by atoms with van der Waals surface area (Å²) in [4.78, 5) is 35.0. The van der Waals surface area contributed by atoms with Crippen LogP contribution < -0.4 is 21.3 Å². The van der Waals surface area contributed by atoms with Crippen molar-refractivity contribution >= 4 is 17.7 Å². The Morgan fingerprint density at radius 1 is 0.889 bits per heavy atom. The summed E-state index contributed by atoms with van der Waals surface area (Å²) in [5.41, 5.74) is 0. The Kier molecular flexibility index (Phi) is 14.4. The predicted octanol–water partition coefficient (Wildman–Crippen LogP) is 0.707. The highest BCUT2D eigenvalue weighted by atomic mass is 16.5. The molecule has 8 nitrogen and oxygen atoms in total. The lowest BCUT2D eigenvalue weighted by Gasteiger charge is -2.18. The van der Waals surface area contributed by atoms with E-state index in [-0.39, 0.29) is 23.8 Å². The van der Waals surface area contributed by atoms with Gasteiger partial charge in [0.2, 0.25) is 17.7 Å². The number of carbonyl (C=O) groups excluding carboxylic acids is 3. The largest absolute Gasteiger partial charge is 0.379 e. The second-order valence-corrected chi connectivity index (χ2v) is 7.23. The molecule has 3 amide bonds. The third-order valence-corrected chi connectivity index (χ3v) is 3.63. The topological polar surface area (TPSA) is 109 Å². The van der Waals surface area contributed by atoms with Gasteiger partial charge in [0.25, 0.3) is 0 Å². The molecular weight excluding hydrogens is 348 g/mol. The minimum absolute atomic E-state index is 0.0493. The van der Waals surface area contributed by atoms with Crippen LogP contribution in [-0.2, 0) is 19.1 Å². The molecule has 0 fully saturated rings. The molecule has 0 bridgehead atoms. The van der Waals surface area contributed by atoms with Gasteiger partial charge in [-0.1, -0.05) is 13.8 Å². The number of hydrogen-bond acceptors (Lipinski definition) is 5. The van der Waals surface area contributed by atoms with Crippen molar-refractivity contribution in [3.63, 3.8) is 0 Å². The standard InChI is InChI=1S/C19H38N4O4/c1-14(2)20-10-7-6-8-17(23-16(5)24)19(26)21-11-13-27-12-9-18(25)22-15(3)4/h14-15,17,20H,6-13H2,1-5H3,(H,21,26)(H,22,25)(H,23,24)/t17-/m0/s1. The van der Waals surface area contributed by atoms with E-state index in [1.165, 1.54) is 6.92 Å². The monoisotopic (exact) mass is 386 g/mol. The molecule has 0 aromatic carbocycles. The number of hydrogen-bond donors (Lipinski definition) is 4. The maximum absolute atomic E-state index is 12.3. The first-order chi connectivity index (χ1) is 12.7. The molecular formula is C19H38N4O4. The molecule has 0 spiro atoms. The average Bonchev–Trinajstić information content (AvgIpc) is 2.55. The van der Waals surface area contributed by atoms with Crippen LogP contribution in [0.5, 0.6) is 0 Å². The third kappa shape index (κ3) is 16.2. The molecule has 0 aliphatic rings. The van der Waals surface area contributed by atoms with Crippen LogP contribution in [-0.4, -0.2) is 62.2 Å². The van der Waals surface area contributed by atoms with Crippen molar-refractivity contribution in [2.75, 3.05) is 26.3 Å². The van der Waals surface area contributed by atoms with E-state index in [9.17, 15) is 14.4 Å². The van der Waals surface area contributed by atoms with Gasteiger partial charge in [0.05, 0.1) is 13.2 Å². The average molecular weight is 387 g/mol. The molecule has 4 N–H and O–H groups in total. The van der Waals surface area contributed by atoms with Gasteiger partial charge in [-0.2, -0.15) is 0 Å². The number of ether oxygens (including phenoxy) is 1. The Morgan fingerprint density at radius 3 is 2.19 bits per heavy atom. The van der Waals surface area contributed by atoms with E-state index in [1.54, 1.807) is 0 Å². The number of unbranched alkanes of at least 4 members (excludes halogenated alkanes) is 1. The summed E-state index contributed by atoms with van der Waals surface area (Å²) in [6.07, 6.45) is 2.69. The molecule has 0 aromatic rings. The molecule has 0 rings (SSSR count). The van der Waals surface area contributed by atoms with Gasteiger partial charge in [-0.3, -0.25) is 14.4 Å². The molecule has 0 saturated carbocycles. The normalized spacial score (nSPS) is 12.1. The van der Waals surface area contributed by atoms with Crippen molar-refractivity contribution in [2.24, 2.45) is 0 Å². The first-order valence-corrected chi connectivity index (χ1v) is 9.87. The second kappa shape index (κ2) is 15.4. The minimum atomic E-state index is -0.529. The smallest absolute Gasteiger partial charge is 0.242 e. The first kappa shape index (κ1) is 25.3. The first-order valence-electron chi connectivity index (χ1n) is 9.87. The molecule has 0 saturated heterocycles. The van der Waals surface area contributed by atoms with Crippen LogP contribution in [0.2, 0.25) is 0 Å². The highest BCUT2D eigenvalue weighted by molar-refractivity contribution is 5.86. The SMILES string of the molecule is CC(=O)N[C@@H](CCCCNC(C)C)C(=O)NCCOCCC(=O)NC(C)C. The summed E-state index contributed by atoms with van der Waals surface area (Å²) in [5.74, 6) is -0.474. The zero-order valence-electron chi connectivity index (χ0n) is 17.5. The van der Waals surface area contributed by atoms with E-state index in [2.05, 4.69) is 35.1 Å². The van der Waals surface area contributed by atoms with E-state index < -0.39 is 6.04 Å². The second-order valence-electron chi connectivity index (χ2n) is 7.23. The van der Waals surface area contributed by atoms with Gasteiger partial charge in [0.15, 0.2) is 0 Å². The Labute approximate surface area is 163 Å². The molecule has 0 aromatic heterocycles. The molecule has 158 valence electrons. The number of carbonyl (C=O) groups is 3. The van der Waals surface area contributed by atoms with E-state index in [4.69, 9.17) is 4.74 Å². The summed E-state index contributed by atoms with van der Waals surface area (Å²) in [6, 6.07) is 0.0258. The lowest BCUT2D eigenvalue weighted by Crippen LogP contribution is -2.46. The van der Waals surface area contributed by atoms with Crippen molar-refractivity contribution in [1.29, 1.82) is 0 Å². The summed E-state index contributed by atoms with van der Waals surface area (Å²) < 4.78 is 5.36. The molecule has 0 heterocycles. The zero-order chi connectivity index (χ0) is 20.7. The van der Waals surface area contributed by atoms with E-state index >= 15 is 0 Å².